The number of carbonyl (C=O) groups excluding carboxylic acids is 1. The van der Waals surface area contributed by atoms with E-state index in [1.165, 1.54) is 30.1 Å². The van der Waals surface area contributed by atoms with Gasteiger partial charge in [0.05, 0.1) is 31.1 Å². The van der Waals surface area contributed by atoms with E-state index < -0.39 is 4.92 Å². The fourth-order valence-electron chi connectivity index (χ4n) is 3.36. The molecule has 3 aromatic carbocycles. The summed E-state index contributed by atoms with van der Waals surface area (Å²) in [5.41, 5.74) is 4.64. The molecule has 4 aromatic rings. The SMILES string of the molecule is COc1ccc(-c2nnc(SCC(=O)N/N=C\c3ccc([N+](=O)[O-])cc3)n2-c2ccccc2)cc1OC. The molecule has 37 heavy (non-hydrogen) atoms. The van der Waals surface area contributed by atoms with Crippen LogP contribution < -0.4 is 14.9 Å². The number of ether oxygens (including phenoxy) is 2. The summed E-state index contributed by atoms with van der Waals surface area (Å²) in [4.78, 5) is 22.7. The standard InChI is InChI=1S/C25H22N6O5S/c1-35-21-13-10-18(14-22(21)36-2)24-28-29-25(30(24)19-6-4-3-5-7-19)37-16-23(32)27-26-15-17-8-11-20(12-9-17)31(33)34/h3-15H,16H2,1-2H3,(H,27,32)/b26-15-. The molecule has 11 nitrogen and oxygen atoms in total. The third-order valence-corrected chi connectivity index (χ3v) is 6.06. The van der Waals surface area contributed by atoms with Crippen LogP contribution >= 0.6 is 11.8 Å². The number of hydrogen-bond donors (Lipinski definition) is 1. The van der Waals surface area contributed by atoms with Gasteiger partial charge in [-0.25, -0.2) is 5.43 Å². The van der Waals surface area contributed by atoms with Crippen molar-refractivity contribution in [2.24, 2.45) is 5.10 Å². The maximum absolute atomic E-state index is 12.4. The number of aromatic nitrogens is 3. The lowest BCUT2D eigenvalue weighted by Crippen LogP contribution is -2.20. The smallest absolute Gasteiger partial charge is 0.269 e. The van der Waals surface area contributed by atoms with E-state index in [0.29, 0.717) is 28.0 Å². The van der Waals surface area contributed by atoms with E-state index in [9.17, 15) is 14.9 Å². The average molecular weight is 519 g/mol. The Morgan fingerprint density at radius 1 is 1.05 bits per heavy atom. The summed E-state index contributed by atoms with van der Waals surface area (Å²) < 4.78 is 12.6. The molecule has 0 saturated carbocycles. The van der Waals surface area contributed by atoms with Gasteiger partial charge in [0, 0.05) is 23.4 Å². The minimum atomic E-state index is -0.481. The number of hydrazone groups is 1. The molecule has 4 rings (SSSR count). The van der Waals surface area contributed by atoms with E-state index in [4.69, 9.17) is 9.47 Å². The Bertz CT molecular complexity index is 1420. The van der Waals surface area contributed by atoms with Crippen LogP contribution in [0.1, 0.15) is 5.56 Å². The van der Waals surface area contributed by atoms with Crippen molar-refractivity contribution in [1.29, 1.82) is 0 Å². The Morgan fingerprint density at radius 3 is 2.46 bits per heavy atom. The minimum Gasteiger partial charge on any atom is -0.493 e. The van der Waals surface area contributed by atoms with Gasteiger partial charge >= 0.3 is 0 Å². The van der Waals surface area contributed by atoms with Crippen molar-refractivity contribution in [3.8, 4) is 28.6 Å². The van der Waals surface area contributed by atoms with Crippen molar-refractivity contribution < 1.29 is 19.2 Å². The zero-order chi connectivity index (χ0) is 26.2. The normalized spacial score (nSPS) is 10.9. The zero-order valence-electron chi connectivity index (χ0n) is 19.9. The molecule has 0 fully saturated rings. The van der Waals surface area contributed by atoms with Gasteiger partial charge in [0.25, 0.3) is 11.6 Å². The van der Waals surface area contributed by atoms with E-state index in [1.807, 2.05) is 47.0 Å². The molecule has 0 aliphatic carbocycles. The van der Waals surface area contributed by atoms with Crippen LogP contribution in [0.4, 0.5) is 5.69 Å². The molecule has 0 aliphatic rings. The van der Waals surface area contributed by atoms with E-state index in [0.717, 1.165) is 11.3 Å². The predicted molar refractivity (Wildman–Crippen MR) is 139 cm³/mol. The number of thioether (sulfide) groups is 1. The second kappa shape index (κ2) is 11.8. The number of nitrogens with zero attached hydrogens (tertiary/aromatic N) is 5. The minimum absolute atomic E-state index is 0.0208. The van der Waals surface area contributed by atoms with Crippen molar-refractivity contribution in [2.75, 3.05) is 20.0 Å². The molecule has 0 unspecified atom stereocenters. The van der Waals surface area contributed by atoms with E-state index >= 15 is 0 Å². The molecular formula is C25H22N6O5S. The number of benzene rings is 3. The summed E-state index contributed by atoms with van der Waals surface area (Å²) in [6.07, 6.45) is 1.41. The fourth-order valence-corrected chi connectivity index (χ4v) is 4.10. The first kappa shape index (κ1) is 25.4. The molecule has 0 aliphatic heterocycles. The third-order valence-electron chi connectivity index (χ3n) is 5.13. The van der Waals surface area contributed by atoms with Gasteiger partial charge in [0.2, 0.25) is 0 Å². The number of hydrogen-bond acceptors (Lipinski definition) is 9. The largest absolute Gasteiger partial charge is 0.493 e. The first-order valence-electron chi connectivity index (χ1n) is 10.9. The van der Waals surface area contributed by atoms with Crippen LogP contribution in [0.2, 0.25) is 0 Å². The monoisotopic (exact) mass is 518 g/mol. The van der Waals surface area contributed by atoms with Crippen molar-refractivity contribution in [3.05, 3.63) is 88.5 Å². The summed E-state index contributed by atoms with van der Waals surface area (Å²) in [6.45, 7) is 0. The van der Waals surface area contributed by atoms with Crippen molar-refractivity contribution in [1.82, 2.24) is 20.2 Å². The van der Waals surface area contributed by atoms with Crippen LogP contribution in [0.25, 0.3) is 17.1 Å². The summed E-state index contributed by atoms with van der Waals surface area (Å²) in [5.74, 6) is 1.42. The van der Waals surface area contributed by atoms with Gasteiger partial charge in [-0.2, -0.15) is 5.10 Å². The summed E-state index contributed by atoms with van der Waals surface area (Å²) in [6, 6.07) is 20.9. The number of rotatable bonds is 10. The number of non-ortho nitro benzene ring substituents is 1. The lowest BCUT2D eigenvalue weighted by Gasteiger charge is -2.12. The number of methoxy groups -OCH3 is 2. The van der Waals surface area contributed by atoms with E-state index in [2.05, 4.69) is 20.7 Å². The van der Waals surface area contributed by atoms with Gasteiger partial charge in [0.15, 0.2) is 22.5 Å². The van der Waals surface area contributed by atoms with E-state index in [1.54, 1.807) is 32.4 Å². The maximum Gasteiger partial charge on any atom is 0.269 e. The van der Waals surface area contributed by atoms with E-state index in [-0.39, 0.29) is 17.3 Å². The number of nitro groups is 1. The van der Waals surface area contributed by atoms with Crippen molar-refractivity contribution >= 4 is 29.6 Å². The Hall–Kier alpha value is -4.71. The molecule has 1 heterocycles. The molecule has 0 saturated heterocycles. The highest BCUT2D eigenvalue weighted by Crippen LogP contribution is 2.34. The molecule has 1 amide bonds. The summed E-state index contributed by atoms with van der Waals surface area (Å²) in [5, 5.41) is 23.9. The van der Waals surface area contributed by atoms with Crippen molar-refractivity contribution in [3.63, 3.8) is 0 Å². The first-order valence-corrected chi connectivity index (χ1v) is 11.9. The molecule has 188 valence electrons. The van der Waals surface area contributed by atoms with Crippen LogP contribution in [0, 0.1) is 10.1 Å². The molecule has 1 N–H and O–H groups in total. The van der Waals surface area contributed by atoms with Gasteiger partial charge in [0.1, 0.15) is 0 Å². The van der Waals surface area contributed by atoms with Crippen LogP contribution in [0.3, 0.4) is 0 Å². The molecule has 0 spiro atoms. The second-order valence-corrected chi connectivity index (χ2v) is 8.42. The van der Waals surface area contributed by atoms with Crippen LogP contribution in [-0.2, 0) is 4.79 Å². The maximum atomic E-state index is 12.4. The highest BCUT2D eigenvalue weighted by Gasteiger charge is 2.18. The highest BCUT2D eigenvalue weighted by molar-refractivity contribution is 7.99. The third kappa shape index (κ3) is 6.11. The Morgan fingerprint density at radius 2 is 1.78 bits per heavy atom. The van der Waals surface area contributed by atoms with Gasteiger partial charge in [-0.15, -0.1) is 10.2 Å². The summed E-state index contributed by atoms with van der Waals surface area (Å²) >= 11 is 1.21. The molecule has 0 radical (unpaired) electrons. The van der Waals surface area contributed by atoms with Gasteiger partial charge < -0.3 is 9.47 Å². The molecular weight excluding hydrogens is 496 g/mol. The van der Waals surface area contributed by atoms with Crippen molar-refractivity contribution in [2.45, 2.75) is 5.16 Å². The van der Waals surface area contributed by atoms with Gasteiger partial charge in [-0.1, -0.05) is 30.0 Å². The van der Waals surface area contributed by atoms with Gasteiger partial charge in [-0.05, 0) is 48.0 Å². The lowest BCUT2D eigenvalue weighted by atomic mass is 10.2. The first-order chi connectivity index (χ1) is 18.0. The van der Waals surface area contributed by atoms with Crippen LogP contribution in [0.15, 0.2) is 83.1 Å². The number of para-hydroxylation sites is 1. The molecule has 1 aromatic heterocycles. The lowest BCUT2D eigenvalue weighted by molar-refractivity contribution is -0.384. The number of nitrogens with one attached hydrogen (secondary N) is 1. The Labute approximate surface area is 216 Å². The van der Waals surface area contributed by atoms with Gasteiger partial charge in [-0.3, -0.25) is 19.5 Å². The fraction of sp³-hybridized carbons (Fsp3) is 0.120. The Kier molecular flexibility index (Phi) is 8.11. The van der Waals surface area contributed by atoms with Crippen LogP contribution in [-0.4, -0.2) is 51.8 Å². The number of carbonyl (C=O) groups is 1. The number of amides is 1. The topological polar surface area (TPSA) is 134 Å². The highest BCUT2D eigenvalue weighted by atomic mass is 32.2. The quantitative estimate of drug-likeness (QED) is 0.144. The summed E-state index contributed by atoms with van der Waals surface area (Å²) in [7, 11) is 3.13. The average Bonchev–Trinajstić information content (AvgIpc) is 3.36. The molecule has 0 atom stereocenters. The second-order valence-electron chi connectivity index (χ2n) is 7.48. The predicted octanol–water partition coefficient (Wildman–Crippen LogP) is 4.10. The molecule has 12 heteroatoms. The van der Waals surface area contributed by atoms with Crippen LogP contribution in [0.5, 0.6) is 11.5 Å². The zero-order valence-corrected chi connectivity index (χ0v) is 20.7. The Balaban J connectivity index is 1.50. The number of nitro benzene ring substituents is 1. The molecule has 0 bridgehead atoms.